The van der Waals surface area contributed by atoms with Crippen LogP contribution >= 0.6 is 105 Å². The van der Waals surface area contributed by atoms with E-state index in [0.29, 0.717) is 0 Å². The third-order valence-electron chi connectivity index (χ3n) is 8.43. The molecule has 0 atom stereocenters. The Morgan fingerprint density at radius 2 is 0.571 bits per heavy atom. The van der Waals surface area contributed by atoms with Crippen LogP contribution in [0.15, 0.2) is 117 Å². The Labute approximate surface area is 283 Å². The van der Waals surface area contributed by atoms with E-state index >= 15 is 0 Å². The van der Waals surface area contributed by atoms with Crippen LogP contribution in [-0.2, 0) is 12.2 Å². The summed E-state index contributed by atoms with van der Waals surface area (Å²) in [7, 11) is 0. The van der Waals surface area contributed by atoms with Gasteiger partial charge in [-0.25, -0.2) is 0 Å². The minimum atomic E-state index is -0.475. The number of hydrogen-bond donors (Lipinski definition) is 0. The molecule has 0 unspecified atom stereocenters. The second kappa shape index (κ2) is 8.86. The minimum absolute atomic E-state index is 0.475. The molecule has 0 bridgehead atoms. The van der Waals surface area contributed by atoms with Gasteiger partial charge in [-0.2, -0.15) is 0 Å². The van der Waals surface area contributed by atoms with Crippen molar-refractivity contribution in [1.82, 2.24) is 0 Å². The van der Waals surface area contributed by atoms with Crippen molar-refractivity contribution in [2.24, 2.45) is 0 Å². The summed E-state index contributed by atoms with van der Waals surface area (Å²) in [5, 5.41) is 2.55. The molecule has 3 aliphatic carbocycles. The van der Waals surface area contributed by atoms with Crippen molar-refractivity contribution < 1.29 is 0 Å². The monoisotopic (exact) mass is 708 g/mol. The molecule has 4 aromatic rings. The first-order valence-corrected chi connectivity index (χ1v) is 19.3. The van der Waals surface area contributed by atoms with Gasteiger partial charge in [0.15, 0.2) is 0 Å². The average molecular weight is 710 g/mol. The number of thioether (sulfide) groups is 6. The van der Waals surface area contributed by atoms with E-state index in [1.165, 1.54) is 62.8 Å². The van der Waals surface area contributed by atoms with Gasteiger partial charge in [0.1, 0.15) is 12.2 Å². The molecule has 0 fully saturated rings. The normalized spacial score (nSPS) is 21.6. The molecule has 0 radical (unpaired) electrons. The Morgan fingerprint density at radius 1 is 0.357 bits per heavy atom. The molecule has 10 rings (SSSR count). The lowest BCUT2D eigenvalue weighted by atomic mass is 9.89. The Hall–Kier alpha value is -0.930. The van der Waals surface area contributed by atoms with Crippen LogP contribution in [-0.4, -0.2) is 0 Å². The van der Waals surface area contributed by atoms with Crippen molar-refractivity contribution >= 4 is 124 Å². The summed E-state index contributed by atoms with van der Waals surface area (Å²) < 4.78 is -1.43. The fourth-order valence-corrected chi connectivity index (χ4v) is 17.6. The number of benzene rings is 4. The average Bonchev–Trinajstić information content (AvgIpc) is 3.80. The Bertz CT molecular complexity index is 1730. The quantitative estimate of drug-likeness (QED) is 0.177. The molecule has 0 saturated heterocycles. The lowest BCUT2D eigenvalue weighted by molar-refractivity contribution is 1.06. The van der Waals surface area contributed by atoms with Gasteiger partial charge in [-0.1, -0.05) is 142 Å². The molecule has 4 aromatic carbocycles. The maximum absolute atomic E-state index is 7.41. The zero-order valence-corrected chi connectivity index (χ0v) is 28.4. The number of hydrogen-bond acceptors (Lipinski definition) is 6. The van der Waals surface area contributed by atoms with Crippen molar-refractivity contribution in [2.45, 2.75) is 41.6 Å². The van der Waals surface area contributed by atoms with E-state index < -0.39 is 12.2 Å². The van der Waals surface area contributed by atoms with Crippen molar-refractivity contribution in [3.8, 4) is 0 Å². The van der Waals surface area contributed by atoms with Crippen LogP contribution in [0, 0.1) is 0 Å². The van der Waals surface area contributed by atoms with E-state index in [1.54, 1.807) is 0 Å². The zero-order chi connectivity index (χ0) is 28.0. The molecule has 3 spiro atoms. The molecular formula is C33H15Cl3S6. The molecule has 0 saturated carbocycles. The van der Waals surface area contributed by atoms with Crippen LogP contribution in [0.25, 0.3) is 18.2 Å². The van der Waals surface area contributed by atoms with Gasteiger partial charge in [0.25, 0.3) is 0 Å². The SMILES string of the molecule is ClC1=Cc2c3c(c4c(c2C12Sc1ccccc1S2)C=C(Cl)C41Sc2ccccc2S1)C=C(Cl)C31Sc2ccccc2S1. The number of rotatable bonds is 0. The van der Waals surface area contributed by atoms with Crippen molar-refractivity contribution in [3.63, 3.8) is 0 Å². The third kappa shape index (κ3) is 3.15. The lowest BCUT2D eigenvalue weighted by Gasteiger charge is -2.33. The van der Waals surface area contributed by atoms with Crippen LogP contribution in [0.5, 0.6) is 0 Å². The zero-order valence-electron chi connectivity index (χ0n) is 21.2. The topological polar surface area (TPSA) is 0 Å². The summed E-state index contributed by atoms with van der Waals surface area (Å²) in [6.07, 6.45) is 6.69. The van der Waals surface area contributed by atoms with Gasteiger partial charge in [0, 0.05) is 29.4 Å². The largest absolute Gasteiger partial charge is 0.132 e. The Kier molecular flexibility index (Phi) is 5.55. The van der Waals surface area contributed by atoms with Crippen molar-refractivity contribution in [2.75, 3.05) is 0 Å². The fraction of sp³-hybridized carbons (Fsp3) is 0.0909. The predicted molar refractivity (Wildman–Crippen MR) is 187 cm³/mol. The van der Waals surface area contributed by atoms with Gasteiger partial charge in [-0.15, -0.1) is 0 Å². The number of halogens is 3. The molecule has 204 valence electrons. The van der Waals surface area contributed by atoms with Crippen molar-refractivity contribution in [3.05, 3.63) is 121 Å². The van der Waals surface area contributed by atoms with E-state index in [1.807, 2.05) is 70.6 Å². The van der Waals surface area contributed by atoms with Crippen LogP contribution in [0.4, 0.5) is 0 Å². The highest BCUT2D eigenvalue weighted by Gasteiger charge is 2.60. The molecule has 3 heterocycles. The summed E-state index contributed by atoms with van der Waals surface area (Å²) in [5.41, 5.74) is 7.38. The summed E-state index contributed by atoms with van der Waals surface area (Å²) in [6.45, 7) is 0. The highest BCUT2D eigenvalue weighted by atomic mass is 35.5. The Balaban J connectivity index is 1.29. The molecule has 3 aliphatic heterocycles. The molecule has 6 aliphatic rings. The first-order chi connectivity index (χ1) is 20.4. The lowest BCUT2D eigenvalue weighted by Crippen LogP contribution is -2.22. The Morgan fingerprint density at radius 3 is 0.786 bits per heavy atom. The molecule has 0 amide bonds. The molecule has 9 heteroatoms. The standard InChI is InChI=1S/C33H15Cl3S6/c34-25-13-16-28(31(25)37-19-7-1-2-8-20(19)38-31)17-14-26(35)32(39-21-9-3-4-10-22(21)40-32)30(17)18-15-27(36)33(29(16)18)41-23-11-5-6-12-24(23)42-33/h1-15H. The molecule has 0 N–H and O–H groups in total. The summed E-state index contributed by atoms with van der Waals surface area (Å²) >= 11 is 33.4. The van der Waals surface area contributed by atoms with E-state index in [0.717, 1.165) is 15.1 Å². The molecule has 42 heavy (non-hydrogen) atoms. The highest BCUT2D eigenvalue weighted by Crippen LogP contribution is 2.78. The summed E-state index contributed by atoms with van der Waals surface area (Å²) in [6, 6.07) is 25.9. The van der Waals surface area contributed by atoms with Crippen LogP contribution in [0.1, 0.15) is 33.4 Å². The van der Waals surface area contributed by atoms with E-state index in [9.17, 15) is 0 Å². The van der Waals surface area contributed by atoms with Gasteiger partial charge in [0.05, 0.1) is 15.1 Å². The molecular weight excluding hydrogens is 695 g/mol. The van der Waals surface area contributed by atoms with Gasteiger partial charge < -0.3 is 0 Å². The smallest absolute Gasteiger partial charge is 0.0960 e. The third-order valence-corrected chi connectivity index (χ3v) is 19.9. The second-order valence-corrected chi connectivity index (χ2v) is 20.2. The minimum Gasteiger partial charge on any atom is -0.0960 e. The van der Waals surface area contributed by atoms with Crippen molar-refractivity contribution in [1.29, 1.82) is 0 Å². The number of fused-ring (bicyclic) bond motifs is 12. The predicted octanol–water partition coefficient (Wildman–Crippen LogP) is 12.6. The molecule has 0 nitrogen and oxygen atoms in total. The van der Waals surface area contributed by atoms with E-state index in [2.05, 4.69) is 91.0 Å². The molecule has 0 aromatic heterocycles. The van der Waals surface area contributed by atoms with Gasteiger partial charge >= 0.3 is 0 Å². The maximum Gasteiger partial charge on any atom is 0.132 e. The van der Waals surface area contributed by atoms with Crippen LogP contribution in [0.2, 0.25) is 0 Å². The van der Waals surface area contributed by atoms with E-state index in [4.69, 9.17) is 34.8 Å². The van der Waals surface area contributed by atoms with Gasteiger partial charge in [-0.05, 0) is 88.0 Å². The van der Waals surface area contributed by atoms with Gasteiger partial charge in [-0.3, -0.25) is 0 Å². The van der Waals surface area contributed by atoms with Crippen LogP contribution < -0.4 is 0 Å². The maximum atomic E-state index is 7.41. The van der Waals surface area contributed by atoms with Crippen LogP contribution in [0.3, 0.4) is 0 Å². The highest BCUT2D eigenvalue weighted by molar-refractivity contribution is 8.21. The van der Waals surface area contributed by atoms with Gasteiger partial charge in [0.2, 0.25) is 0 Å². The summed E-state index contributed by atoms with van der Waals surface area (Å²) in [4.78, 5) is 7.58. The second-order valence-electron chi connectivity index (χ2n) is 10.6. The van der Waals surface area contributed by atoms with E-state index in [-0.39, 0.29) is 0 Å². The summed E-state index contributed by atoms with van der Waals surface area (Å²) in [5.74, 6) is 0. The first-order valence-electron chi connectivity index (χ1n) is 13.2. The first kappa shape index (κ1) is 26.3. The fourth-order valence-electron chi connectivity index (χ4n) is 6.78.